The molecule has 1 rings (SSSR count). The van der Waals surface area contributed by atoms with Crippen molar-refractivity contribution in [3.63, 3.8) is 0 Å². The lowest BCUT2D eigenvalue weighted by Crippen LogP contribution is -2.40. The SMILES string of the molecule is CC(C)C(C)(N)C#Cc1ccccc1. The molecule has 0 aromatic heterocycles. The molecule has 1 aromatic carbocycles. The topological polar surface area (TPSA) is 26.0 Å². The van der Waals surface area contributed by atoms with Gasteiger partial charge in [0.25, 0.3) is 0 Å². The fourth-order valence-corrected chi connectivity index (χ4v) is 0.873. The van der Waals surface area contributed by atoms with Crippen molar-refractivity contribution in [3.8, 4) is 11.8 Å². The van der Waals surface area contributed by atoms with Gasteiger partial charge in [0, 0.05) is 5.56 Å². The third kappa shape index (κ3) is 2.90. The molecule has 0 aliphatic heterocycles. The minimum atomic E-state index is -0.407. The van der Waals surface area contributed by atoms with Crippen LogP contribution in [0, 0.1) is 17.8 Å². The molecule has 14 heavy (non-hydrogen) atoms. The molecular weight excluding hydrogens is 170 g/mol. The maximum absolute atomic E-state index is 6.03. The highest BCUT2D eigenvalue weighted by Gasteiger charge is 2.19. The highest BCUT2D eigenvalue weighted by Crippen LogP contribution is 2.11. The molecule has 0 aliphatic rings. The summed E-state index contributed by atoms with van der Waals surface area (Å²) in [5.41, 5.74) is 6.65. The Kier molecular flexibility index (Phi) is 3.33. The van der Waals surface area contributed by atoms with Gasteiger partial charge in [-0.25, -0.2) is 0 Å². The predicted octanol–water partition coefficient (Wildman–Crippen LogP) is 2.41. The largest absolute Gasteiger partial charge is 0.315 e. The Balaban J connectivity index is 2.83. The van der Waals surface area contributed by atoms with E-state index < -0.39 is 5.54 Å². The monoisotopic (exact) mass is 187 g/mol. The molecule has 0 radical (unpaired) electrons. The maximum Gasteiger partial charge on any atom is 0.0774 e. The third-order valence-corrected chi connectivity index (χ3v) is 2.45. The molecule has 1 unspecified atom stereocenters. The second-order valence-electron chi connectivity index (χ2n) is 4.05. The van der Waals surface area contributed by atoms with E-state index in [-0.39, 0.29) is 0 Å². The Hall–Kier alpha value is -1.26. The Labute approximate surface area is 86.3 Å². The quantitative estimate of drug-likeness (QED) is 0.671. The fraction of sp³-hybridized carbons (Fsp3) is 0.385. The lowest BCUT2D eigenvalue weighted by Gasteiger charge is -2.22. The molecule has 0 fully saturated rings. The molecule has 1 atom stereocenters. The van der Waals surface area contributed by atoms with Crippen molar-refractivity contribution < 1.29 is 0 Å². The van der Waals surface area contributed by atoms with E-state index in [9.17, 15) is 0 Å². The first-order valence-corrected chi connectivity index (χ1v) is 4.89. The van der Waals surface area contributed by atoms with Gasteiger partial charge in [0.05, 0.1) is 5.54 Å². The first-order valence-electron chi connectivity index (χ1n) is 4.89. The second kappa shape index (κ2) is 4.30. The van der Waals surface area contributed by atoms with Gasteiger partial charge in [-0.05, 0) is 25.0 Å². The van der Waals surface area contributed by atoms with Gasteiger partial charge in [0.2, 0.25) is 0 Å². The van der Waals surface area contributed by atoms with E-state index in [1.165, 1.54) is 0 Å². The van der Waals surface area contributed by atoms with Crippen LogP contribution < -0.4 is 5.73 Å². The molecular formula is C13H17N. The zero-order chi connectivity index (χ0) is 10.6. The summed E-state index contributed by atoms with van der Waals surface area (Å²) in [7, 11) is 0. The predicted molar refractivity (Wildman–Crippen MR) is 60.8 cm³/mol. The minimum Gasteiger partial charge on any atom is -0.315 e. The van der Waals surface area contributed by atoms with Crippen LogP contribution in [0.2, 0.25) is 0 Å². The molecule has 1 aromatic rings. The Morgan fingerprint density at radius 1 is 1.21 bits per heavy atom. The van der Waals surface area contributed by atoms with Crippen LogP contribution in [0.4, 0.5) is 0 Å². The van der Waals surface area contributed by atoms with Gasteiger partial charge >= 0.3 is 0 Å². The standard InChI is InChI=1S/C13H17N/c1-11(2)13(3,14)10-9-12-7-5-4-6-8-12/h4-8,11H,14H2,1-3H3. The van der Waals surface area contributed by atoms with Crippen LogP contribution in [-0.4, -0.2) is 5.54 Å². The molecule has 0 heterocycles. The van der Waals surface area contributed by atoms with Crippen LogP contribution in [0.15, 0.2) is 30.3 Å². The van der Waals surface area contributed by atoms with Crippen molar-refractivity contribution in [1.29, 1.82) is 0 Å². The van der Waals surface area contributed by atoms with Crippen LogP contribution in [0.5, 0.6) is 0 Å². The van der Waals surface area contributed by atoms with Gasteiger partial charge in [-0.3, -0.25) is 0 Å². The number of benzene rings is 1. The van der Waals surface area contributed by atoms with E-state index in [1.54, 1.807) is 0 Å². The van der Waals surface area contributed by atoms with E-state index in [0.29, 0.717) is 5.92 Å². The minimum absolute atomic E-state index is 0.360. The molecule has 1 heteroatoms. The molecule has 1 nitrogen and oxygen atoms in total. The van der Waals surface area contributed by atoms with Crippen LogP contribution >= 0.6 is 0 Å². The molecule has 2 N–H and O–H groups in total. The molecule has 0 saturated carbocycles. The smallest absolute Gasteiger partial charge is 0.0774 e. The average Bonchev–Trinajstić information content (AvgIpc) is 2.16. The lowest BCUT2D eigenvalue weighted by molar-refractivity contribution is 0.435. The average molecular weight is 187 g/mol. The van der Waals surface area contributed by atoms with E-state index in [4.69, 9.17) is 5.73 Å². The van der Waals surface area contributed by atoms with Crippen molar-refractivity contribution in [1.82, 2.24) is 0 Å². The van der Waals surface area contributed by atoms with Gasteiger partial charge in [-0.15, -0.1) is 0 Å². The fourth-order valence-electron chi connectivity index (χ4n) is 0.873. The van der Waals surface area contributed by atoms with E-state index in [0.717, 1.165) is 5.56 Å². The summed E-state index contributed by atoms with van der Waals surface area (Å²) in [6.45, 7) is 6.13. The number of hydrogen-bond donors (Lipinski definition) is 1. The van der Waals surface area contributed by atoms with E-state index >= 15 is 0 Å². The van der Waals surface area contributed by atoms with Crippen LogP contribution in [-0.2, 0) is 0 Å². The zero-order valence-corrected chi connectivity index (χ0v) is 9.04. The van der Waals surface area contributed by atoms with Gasteiger partial charge in [-0.2, -0.15) is 0 Å². The summed E-state index contributed by atoms with van der Waals surface area (Å²) in [6.07, 6.45) is 0. The Morgan fingerprint density at radius 3 is 2.29 bits per heavy atom. The normalized spacial score (nSPS) is 14.4. The number of nitrogens with two attached hydrogens (primary N) is 1. The highest BCUT2D eigenvalue weighted by atomic mass is 14.7. The van der Waals surface area contributed by atoms with Crippen LogP contribution in [0.3, 0.4) is 0 Å². The maximum atomic E-state index is 6.03. The molecule has 0 amide bonds. The summed E-state index contributed by atoms with van der Waals surface area (Å²) in [5, 5.41) is 0. The molecule has 0 saturated heterocycles. The van der Waals surface area contributed by atoms with Gasteiger partial charge in [-0.1, -0.05) is 43.9 Å². The summed E-state index contributed by atoms with van der Waals surface area (Å²) < 4.78 is 0. The molecule has 0 bridgehead atoms. The van der Waals surface area contributed by atoms with Crippen molar-refractivity contribution in [2.75, 3.05) is 0 Å². The Morgan fingerprint density at radius 2 is 1.79 bits per heavy atom. The third-order valence-electron chi connectivity index (χ3n) is 2.45. The first kappa shape index (κ1) is 10.8. The van der Waals surface area contributed by atoms with Crippen molar-refractivity contribution in [3.05, 3.63) is 35.9 Å². The summed E-state index contributed by atoms with van der Waals surface area (Å²) >= 11 is 0. The molecule has 74 valence electrons. The number of hydrogen-bond acceptors (Lipinski definition) is 1. The van der Waals surface area contributed by atoms with Crippen molar-refractivity contribution in [2.24, 2.45) is 11.7 Å². The summed E-state index contributed by atoms with van der Waals surface area (Å²) in [6, 6.07) is 9.92. The Bertz CT molecular complexity index is 338. The van der Waals surface area contributed by atoms with Crippen molar-refractivity contribution in [2.45, 2.75) is 26.3 Å². The lowest BCUT2D eigenvalue weighted by atomic mass is 9.90. The van der Waals surface area contributed by atoms with Crippen LogP contribution in [0.25, 0.3) is 0 Å². The summed E-state index contributed by atoms with van der Waals surface area (Å²) in [5.74, 6) is 6.55. The van der Waals surface area contributed by atoms with E-state index in [2.05, 4.69) is 25.7 Å². The first-order chi connectivity index (χ1) is 6.52. The van der Waals surface area contributed by atoms with Gasteiger partial charge in [0.15, 0.2) is 0 Å². The molecule has 0 spiro atoms. The van der Waals surface area contributed by atoms with Gasteiger partial charge in [0.1, 0.15) is 0 Å². The van der Waals surface area contributed by atoms with Crippen molar-refractivity contribution >= 4 is 0 Å². The number of rotatable bonds is 1. The van der Waals surface area contributed by atoms with E-state index in [1.807, 2.05) is 37.3 Å². The van der Waals surface area contributed by atoms with Crippen LogP contribution in [0.1, 0.15) is 26.3 Å². The zero-order valence-electron chi connectivity index (χ0n) is 9.04. The van der Waals surface area contributed by atoms with Gasteiger partial charge < -0.3 is 5.73 Å². The highest BCUT2D eigenvalue weighted by molar-refractivity contribution is 5.36. The second-order valence-corrected chi connectivity index (χ2v) is 4.05. The molecule has 0 aliphatic carbocycles. The summed E-state index contributed by atoms with van der Waals surface area (Å²) in [4.78, 5) is 0.